The molecule has 0 atom stereocenters. The SMILES string of the molecule is CC1CC(C(=O)N2CCc3ncnc(NC4CC4)c3CC2)C1. The van der Waals surface area contributed by atoms with Crippen molar-refractivity contribution in [3.8, 4) is 0 Å². The van der Waals surface area contributed by atoms with Crippen molar-refractivity contribution in [2.24, 2.45) is 11.8 Å². The molecule has 2 saturated carbocycles. The maximum atomic E-state index is 12.6. The molecule has 22 heavy (non-hydrogen) atoms. The number of nitrogens with zero attached hydrogens (tertiary/aromatic N) is 3. The molecule has 2 aliphatic carbocycles. The summed E-state index contributed by atoms with van der Waals surface area (Å²) in [4.78, 5) is 23.5. The largest absolute Gasteiger partial charge is 0.367 e. The van der Waals surface area contributed by atoms with Crippen LogP contribution in [-0.4, -0.2) is 39.9 Å². The van der Waals surface area contributed by atoms with Gasteiger partial charge < -0.3 is 10.2 Å². The Morgan fingerprint density at radius 1 is 1.23 bits per heavy atom. The number of fused-ring (bicyclic) bond motifs is 1. The van der Waals surface area contributed by atoms with Crippen LogP contribution in [0, 0.1) is 11.8 Å². The van der Waals surface area contributed by atoms with Crippen LogP contribution in [0.3, 0.4) is 0 Å². The van der Waals surface area contributed by atoms with Gasteiger partial charge >= 0.3 is 0 Å². The van der Waals surface area contributed by atoms with Gasteiger partial charge in [-0.05, 0) is 38.0 Å². The van der Waals surface area contributed by atoms with E-state index in [1.54, 1.807) is 6.33 Å². The second kappa shape index (κ2) is 5.52. The summed E-state index contributed by atoms with van der Waals surface area (Å²) in [6.45, 7) is 3.84. The molecule has 1 amide bonds. The van der Waals surface area contributed by atoms with Crippen LogP contribution in [0.25, 0.3) is 0 Å². The average Bonchev–Trinajstić information content (AvgIpc) is 3.30. The predicted octanol–water partition coefficient (Wildman–Crippen LogP) is 2.02. The number of amides is 1. The van der Waals surface area contributed by atoms with Gasteiger partial charge in [0.25, 0.3) is 0 Å². The van der Waals surface area contributed by atoms with Crippen molar-refractivity contribution >= 4 is 11.7 Å². The van der Waals surface area contributed by atoms with Gasteiger partial charge in [-0.3, -0.25) is 4.79 Å². The van der Waals surface area contributed by atoms with E-state index in [1.807, 2.05) is 0 Å². The number of nitrogens with one attached hydrogen (secondary N) is 1. The molecule has 2 heterocycles. The van der Waals surface area contributed by atoms with Crippen molar-refractivity contribution in [3.63, 3.8) is 0 Å². The van der Waals surface area contributed by atoms with Crippen molar-refractivity contribution in [1.82, 2.24) is 14.9 Å². The summed E-state index contributed by atoms with van der Waals surface area (Å²) in [5.41, 5.74) is 2.35. The highest BCUT2D eigenvalue weighted by Gasteiger charge is 2.35. The molecule has 2 fully saturated rings. The molecular formula is C17H24N4O. The minimum absolute atomic E-state index is 0.270. The fraction of sp³-hybridized carbons (Fsp3) is 0.706. The summed E-state index contributed by atoms with van der Waals surface area (Å²) in [6.07, 6.45) is 8.00. The monoisotopic (exact) mass is 300 g/mol. The first-order valence-corrected chi connectivity index (χ1v) is 8.59. The molecule has 1 N–H and O–H groups in total. The van der Waals surface area contributed by atoms with Crippen LogP contribution < -0.4 is 5.32 Å². The Kier molecular flexibility index (Phi) is 3.51. The minimum atomic E-state index is 0.270. The third-order valence-electron chi connectivity index (χ3n) is 5.24. The van der Waals surface area contributed by atoms with Gasteiger partial charge in [0.05, 0.1) is 5.69 Å². The van der Waals surface area contributed by atoms with E-state index in [2.05, 4.69) is 27.1 Å². The molecule has 0 radical (unpaired) electrons. The molecule has 0 bridgehead atoms. The average molecular weight is 300 g/mol. The van der Waals surface area contributed by atoms with Gasteiger partial charge in [0, 0.05) is 37.0 Å². The van der Waals surface area contributed by atoms with Gasteiger partial charge in [-0.25, -0.2) is 9.97 Å². The van der Waals surface area contributed by atoms with E-state index in [1.165, 1.54) is 18.4 Å². The van der Waals surface area contributed by atoms with E-state index in [0.717, 1.165) is 56.2 Å². The van der Waals surface area contributed by atoms with Crippen LogP contribution in [0.15, 0.2) is 6.33 Å². The molecule has 0 aromatic carbocycles. The Labute approximate surface area is 131 Å². The molecular weight excluding hydrogens is 276 g/mol. The summed E-state index contributed by atoms with van der Waals surface area (Å²) < 4.78 is 0. The van der Waals surface area contributed by atoms with Crippen molar-refractivity contribution in [3.05, 3.63) is 17.6 Å². The zero-order valence-electron chi connectivity index (χ0n) is 13.2. The highest BCUT2D eigenvalue weighted by molar-refractivity contribution is 5.80. The van der Waals surface area contributed by atoms with Crippen molar-refractivity contribution in [2.75, 3.05) is 18.4 Å². The fourth-order valence-corrected chi connectivity index (χ4v) is 3.65. The summed E-state index contributed by atoms with van der Waals surface area (Å²) >= 11 is 0. The van der Waals surface area contributed by atoms with Crippen LogP contribution in [0.4, 0.5) is 5.82 Å². The summed E-state index contributed by atoms with van der Waals surface area (Å²) in [6, 6.07) is 0.594. The summed E-state index contributed by atoms with van der Waals surface area (Å²) in [5, 5.41) is 3.51. The Hall–Kier alpha value is -1.65. The first-order valence-electron chi connectivity index (χ1n) is 8.59. The molecule has 1 aromatic heterocycles. The van der Waals surface area contributed by atoms with Crippen LogP contribution in [0.5, 0.6) is 0 Å². The van der Waals surface area contributed by atoms with E-state index in [9.17, 15) is 4.79 Å². The lowest BCUT2D eigenvalue weighted by Gasteiger charge is -2.35. The fourth-order valence-electron chi connectivity index (χ4n) is 3.65. The van der Waals surface area contributed by atoms with Gasteiger partial charge in [-0.2, -0.15) is 0 Å². The molecule has 0 spiro atoms. The highest BCUT2D eigenvalue weighted by Crippen LogP contribution is 2.35. The van der Waals surface area contributed by atoms with Crippen LogP contribution in [-0.2, 0) is 17.6 Å². The molecule has 5 heteroatoms. The molecule has 0 unspecified atom stereocenters. The smallest absolute Gasteiger partial charge is 0.225 e. The van der Waals surface area contributed by atoms with Crippen LogP contribution in [0.1, 0.15) is 43.9 Å². The number of carbonyl (C=O) groups excluding carboxylic acids is 1. The van der Waals surface area contributed by atoms with Gasteiger partial charge in [0.1, 0.15) is 12.1 Å². The quantitative estimate of drug-likeness (QED) is 0.928. The molecule has 1 aromatic rings. The van der Waals surface area contributed by atoms with E-state index < -0.39 is 0 Å². The van der Waals surface area contributed by atoms with Gasteiger partial charge in [-0.1, -0.05) is 6.92 Å². The number of anilines is 1. The number of hydrogen-bond acceptors (Lipinski definition) is 4. The summed E-state index contributed by atoms with van der Waals surface area (Å²) in [5.74, 6) is 2.35. The van der Waals surface area contributed by atoms with Gasteiger partial charge in [0.15, 0.2) is 0 Å². The predicted molar refractivity (Wildman–Crippen MR) is 84.6 cm³/mol. The molecule has 0 saturated heterocycles. The number of aromatic nitrogens is 2. The maximum absolute atomic E-state index is 12.6. The second-order valence-corrected chi connectivity index (χ2v) is 7.16. The zero-order valence-corrected chi connectivity index (χ0v) is 13.2. The van der Waals surface area contributed by atoms with E-state index in [4.69, 9.17) is 0 Å². The van der Waals surface area contributed by atoms with Crippen molar-refractivity contribution in [1.29, 1.82) is 0 Å². The van der Waals surface area contributed by atoms with E-state index in [-0.39, 0.29) is 5.92 Å². The third-order valence-corrected chi connectivity index (χ3v) is 5.24. The van der Waals surface area contributed by atoms with Gasteiger partial charge in [0.2, 0.25) is 5.91 Å². The lowest BCUT2D eigenvalue weighted by atomic mass is 9.75. The number of hydrogen-bond donors (Lipinski definition) is 1. The normalized spacial score (nSPS) is 27.6. The first kappa shape index (κ1) is 14.0. The van der Waals surface area contributed by atoms with Gasteiger partial charge in [-0.15, -0.1) is 0 Å². The molecule has 1 aliphatic heterocycles. The molecule has 5 nitrogen and oxygen atoms in total. The molecule has 118 valence electrons. The Morgan fingerprint density at radius 2 is 2.00 bits per heavy atom. The standard InChI is InChI=1S/C17H24N4O/c1-11-8-12(9-11)17(22)21-6-4-14-15(5-7-21)18-10-19-16(14)20-13-2-3-13/h10-13H,2-9H2,1H3,(H,18,19,20). The zero-order chi connectivity index (χ0) is 15.1. The minimum Gasteiger partial charge on any atom is -0.367 e. The lowest BCUT2D eigenvalue weighted by molar-refractivity contribution is -0.139. The second-order valence-electron chi connectivity index (χ2n) is 7.16. The Bertz CT molecular complexity index is 578. The topological polar surface area (TPSA) is 58.1 Å². The lowest BCUT2D eigenvalue weighted by Crippen LogP contribution is -2.42. The third kappa shape index (κ3) is 2.69. The van der Waals surface area contributed by atoms with Crippen LogP contribution in [0.2, 0.25) is 0 Å². The molecule has 4 rings (SSSR count). The summed E-state index contributed by atoms with van der Waals surface area (Å²) in [7, 11) is 0. The van der Waals surface area contributed by atoms with Crippen LogP contribution >= 0.6 is 0 Å². The Balaban J connectivity index is 1.46. The van der Waals surface area contributed by atoms with Crippen molar-refractivity contribution < 1.29 is 4.79 Å². The van der Waals surface area contributed by atoms with E-state index in [0.29, 0.717) is 11.9 Å². The Morgan fingerprint density at radius 3 is 2.73 bits per heavy atom. The number of rotatable bonds is 3. The maximum Gasteiger partial charge on any atom is 0.225 e. The number of carbonyl (C=O) groups is 1. The highest BCUT2D eigenvalue weighted by atomic mass is 16.2. The van der Waals surface area contributed by atoms with Crippen molar-refractivity contribution in [2.45, 2.75) is 51.5 Å². The van der Waals surface area contributed by atoms with E-state index >= 15 is 0 Å². The molecule has 3 aliphatic rings. The first-order chi connectivity index (χ1) is 10.7.